The fraction of sp³-hybridized carbons (Fsp3) is 0.182. The molecule has 0 heterocycles. The Hall–Kier alpha value is -3.54. The number of ether oxygens (including phenoxy) is 2. The second kappa shape index (κ2) is 10.6. The van der Waals surface area contributed by atoms with Crippen LogP contribution in [0.3, 0.4) is 0 Å². The lowest BCUT2D eigenvalue weighted by atomic mass is 10.1. The predicted molar refractivity (Wildman–Crippen MR) is 110 cm³/mol. The second-order valence-corrected chi connectivity index (χ2v) is 5.94. The number of carbonyl (C=O) groups is 2. The zero-order valence-corrected chi connectivity index (χ0v) is 16.0. The number of methoxy groups -OCH3 is 1. The molecule has 2 aromatic carbocycles. The third-order valence-electron chi connectivity index (χ3n) is 3.69. The fourth-order valence-corrected chi connectivity index (χ4v) is 2.44. The molecule has 2 amide bonds. The molecule has 0 radical (unpaired) electrons. The number of anilines is 1. The van der Waals surface area contributed by atoms with E-state index in [0.29, 0.717) is 30.3 Å². The Morgan fingerprint density at radius 1 is 1.14 bits per heavy atom. The first-order valence-electron chi connectivity index (χ1n) is 8.76. The Balaban J connectivity index is 1.94. The van der Waals surface area contributed by atoms with Gasteiger partial charge in [-0.05, 0) is 41.5 Å². The molecule has 0 unspecified atom stereocenters. The number of carbonyl (C=O) groups excluding carboxylic acids is 2. The smallest absolute Gasteiger partial charge is 0.244 e. The summed E-state index contributed by atoms with van der Waals surface area (Å²) in [7, 11) is 1.56. The lowest BCUT2D eigenvalue weighted by Gasteiger charge is -2.09. The van der Waals surface area contributed by atoms with E-state index in [1.54, 1.807) is 37.5 Å². The van der Waals surface area contributed by atoms with Gasteiger partial charge in [0.15, 0.2) is 11.5 Å². The summed E-state index contributed by atoms with van der Waals surface area (Å²) in [5.41, 5.74) is 2.39. The van der Waals surface area contributed by atoms with Crippen molar-refractivity contribution in [1.82, 2.24) is 5.32 Å². The lowest BCUT2D eigenvalue weighted by Crippen LogP contribution is -2.20. The maximum Gasteiger partial charge on any atom is 0.244 e. The van der Waals surface area contributed by atoms with Crippen LogP contribution < -0.4 is 20.1 Å². The lowest BCUT2D eigenvalue weighted by molar-refractivity contribution is -0.116. The molecule has 2 rings (SSSR count). The molecule has 0 aromatic heterocycles. The van der Waals surface area contributed by atoms with Gasteiger partial charge in [0, 0.05) is 25.2 Å². The number of amides is 2. The molecule has 0 aliphatic rings. The van der Waals surface area contributed by atoms with Gasteiger partial charge < -0.3 is 20.1 Å². The highest BCUT2D eigenvalue weighted by atomic mass is 16.5. The highest BCUT2D eigenvalue weighted by Crippen LogP contribution is 2.28. The Labute approximate surface area is 164 Å². The first-order valence-corrected chi connectivity index (χ1v) is 8.76. The third kappa shape index (κ3) is 6.64. The molecule has 6 heteroatoms. The van der Waals surface area contributed by atoms with Crippen LogP contribution in [-0.4, -0.2) is 25.5 Å². The highest BCUT2D eigenvalue weighted by molar-refractivity contribution is 5.92. The minimum Gasteiger partial charge on any atom is -0.493 e. The van der Waals surface area contributed by atoms with Gasteiger partial charge in [-0.25, -0.2) is 0 Å². The molecule has 0 saturated carbocycles. The monoisotopic (exact) mass is 380 g/mol. The van der Waals surface area contributed by atoms with Crippen molar-refractivity contribution in [3.05, 3.63) is 72.3 Å². The second-order valence-electron chi connectivity index (χ2n) is 5.94. The normalized spacial score (nSPS) is 10.4. The summed E-state index contributed by atoms with van der Waals surface area (Å²) in [6, 6.07) is 12.7. The molecule has 0 fully saturated rings. The average molecular weight is 380 g/mol. The van der Waals surface area contributed by atoms with Crippen molar-refractivity contribution < 1.29 is 19.1 Å². The number of rotatable bonds is 9. The van der Waals surface area contributed by atoms with Gasteiger partial charge >= 0.3 is 0 Å². The van der Waals surface area contributed by atoms with Crippen LogP contribution in [0.15, 0.2) is 61.2 Å². The van der Waals surface area contributed by atoms with Gasteiger partial charge in [-0.3, -0.25) is 9.59 Å². The summed E-state index contributed by atoms with van der Waals surface area (Å²) in [6.45, 7) is 5.81. The van der Waals surface area contributed by atoms with E-state index in [1.165, 1.54) is 13.0 Å². The van der Waals surface area contributed by atoms with Gasteiger partial charge in [0.05, 0.1) is 7.11 Å². The summed E-state index contributed by atoms with van der Waals surface area (Å²) >= 11 is 0. The first-order chi connectivity index (χ1) is 13.5. The number of nitrogens with one attached hydrogen (secondary N) is 2. The van der Waals surface area contributed by atoms with Crippen LogP contribution in [0, 0.1) is 0 Å². The van der Waals surface area contributed by atoms with E-state index in [9.17, 15) is 9.59 Å². The van der Waals surface area contributed by atoms with Gasteiger partial charge in [-0.2, -0.15) is 0 Å². The zero-order chi connectivity index (χ0) is 20.4. The van der Waals surface area contributed by atoms with Crippen LogP contribution in [0.2, 0.25) is 0 Å². The van der Waals surface area contributed by atoms with Gasteiger partial charge in [0.2, 0.25) is 11.8 Å². The average Bonchev–Trinajstić information content (AvgIpc) is 2.69. The summed E-state index contributed by atoms with van der Waals surface area (Å²) in [5.74, 6) is 0.832. The van der Waals surface area contributed by atoms with Crippen LogP contribution in [0.4, 0.5) is 5.69 Å². The molecule has 0 bridgehead atoms. The highest BCUT2D eigenvalue weighted by Gasteiger charge is 2.05. The van der Waals surface area contributed by atoms with Crippen molar-refractivity contribution in [2.24, 2.45) is 0 Å². The Morgan fingerprint density at radius 3 is 2.68 bits per heavy atom. The molecule has 146 valence electrons. The molecule has 28 heavy (non-hydrogen) atoms. The summed E-state index contributed by atoms with van der Waals surface area (Å²) in [5, 5.41) is 5.53. The van der Waals surface area contributed by atoms with E-state index in [4.69, 9.17) is 9.47 Å². The van der Waals surface area contributed by atoms with Crippen molar-refractivity contribution in [2.45, 2.75) is 13.5 Å². The van der Waals surface area contributed by atoms with Gasteiger partial charge in [0.25, 0.3) is 0 Å². The van der Waals surface area contributed by atoms with Crippen LogP contribution in [0.1, 0.15) is 18.1 Å². The van der Waals surface area contributed by atoms with Gasteiger partial charge in [-0.15, -0.1) is 0 Å². The molecular weight excluding hydrogens is 356 g/mol. The van der Waals surface area contributed by atoms with E-state index in [0.717, 1.165) is 11.1 Å². The molecule has 0 atom stereocenters. The van der Waals surface area contributed by atoms with Gasteiger partial charge in [0.1, 0.15) is 6.61 Å². The maximum absolute atomic E-state index is 12.1. The van der Waals surface area contributed by atoms with E-state index < -0.39 is 0 Å². The Kier molecular flexibility index (Phi) is 7.84. The molecule has 0 saturated heterocycles. The van der Waals surface area contributed by atoms with E-state index in [-0.39, 0.29) is 11.8 Å². The van der Waals surface area contributed by atoms with Crippen LogP contribution in [-0.2, 0) is 16.1 Å². The minimum absolute atomic E-state index is 0.138. The number of hydrogen-bond acceptors (Lipinski definition) is 4. The van der Waals surface area contributed by atoms with Crippen molar-refractivity contribution in [3.63, 3.8) is 0 Å². The molecule has 6 nitrogen and oxygen atoms in total. The first kappa shape index (κ1) is 20.8. The van der Waals surface area contributed by atoms with Gasteiger partial charge in [-0.1, -0.05) is 30.9 Å². The van der Waals surface area contributed by atoms with E-state index in [1.807, 2.05) is 24.3 Å². The fourth-order valence-electron chi connectivity index (χ4n) is 2.44. The van der Waals surface area contributed by atoms with Crippen LogP contribution >= 0.6 is 0 Å². The third-order valence-corrected chi connectivity index (χ3v) is 3.69. The van der Waals surface area contributed by atoms with Crippen LogP contribution in [0.25, 0.3) is 6.08 Å². The number of hydrogen-bond donors (Lipinski definition) is 2. The summed E-state index contributed by atoms with van der Waals surface area (Å²) < 4.78 is 10.8. The SMILES string of the molecule is C=CCOc1ccc(/C=C/C(=O)NCc2cccc(NC(C)=O)c2)cc1OC. The maximum atomic E-state index is 12.1. The molecular formula is C22H24N2O4. The molecule has 0 aliphatic heterocycles. The minimum atomic E-state index is -0.226. The predicted octanol–water partition coefficient (Wildman–Crippen LogP) is 3.55. The Bertz CT molecular complexity index is 875. The van der Waals surface area contributed by atoms with E-state index >= 15 is 0 Å². The van der Waals surface area contributed by atoms with Crippen molar-refractivity contribution in [1.29, 1.82) is 0 Å². The standard InChI is InChI=1S/C22H24N2O4/c1-4-12-28-20-10-8-17(14-21(20)27-3)9-11-22(26)23-15-18-6-5-7-19(13-18)24-16(2)25/h4-11,13-14H,1,12,15H2,2-3H3,(H,23,26)(H,24,25)/b11-9+. The largest absolute Gasteiger partial charge is 0.493 e. The van der Waals surface area contributed by atoms with Crippen molar-refractivity contribution in [3.8, 4) is 11.5 Å². The topological polar surface area (TPSA) is 76.7 Å². The zero-order valence-electron chi connectivity index (χ0n) is 16.0. The summed E-state index contributed by atoms with van der Waals surface area (Å²) in [4.78, 5) is 23.2. The molecule has 0 aliphatic carbocycles. The quantitative estimate of drug-likeness (QED) is 0.515. The number of benzene rings is 2. The summed E-state index contributed by atoms with van der Waals surface area (Å²) in [6.07, 6.45) is 4.81. The molecule has 2 N–H and O–H groups in total. The Morgan fingerprint density at radius 2 is 1.96 bits per heavy atom. The molecule has 0 spiro atoms. The van der Waals surface area contributed by atoms with Crippen molar-refractivity contribution in [2.75, 3.05) is 19.0 Å². The van der Waals surface area contributed by atoms with Crippen molar-refractivity contribution >= 4 is 23.6 Å². The molecule has 2 aromatic rings. The van der Waals surface area contributed by atoms with E-state index in [2.05, 4.69) is 17.2 Å². The van der Waals surface area contributed by atoms with Crippen LogP contribution in [0.5, 0.6) is 11.5 Å².